The Morgan fingerprint density at radius 1 is 1.50 bits per heavy atom. The smallest absolute Gasteiger partial charge is 0.188 e. The van der Waals surface area contributed by atoms with Crippen molar-refractivity contribution < 1.29 is 0 Å². The number of aliphatic imine (C=N–C) groups is 1. The molecule has 1 rings (SSSR count). The highest BCUT2D eigenvalue weighted by Gasteiger charge is 2.09. The minimum atomic E-state index is 0. The van der Waals surface area contributed by atoms with Crippen LogP contribution in [0.2, 0.25) is 0 Å². The molecule has 0 atom stereocenters. The Morgan fingerprint density at radius 2 is 2.19 bits per heavy atom. The maximum absolute atomic E-state index is 5.76. The van der Waals surface area contributed by atoms with Crippen LogP contribution in [0, 0.1) is 0 Å². The largest absolute Gasteiger partial charge is 0.370 e. The normalized spacial score (nSPS) is 16.7. The number of halogens is 1. The Balaban J connectivity index is 0.00000225. The van der Waals surface area contributed by atoms with Crippen LogP contribution in [-0.4, -0.2) is 18.0 Å². The van der Waals surface area contributed by atoms with Crippen molar-refractivity contribution in [3.63, 3.8) is 0 Å². The first-order valence-corrected chi connectivity index (χ1v) is 5.73. The average Bonchev–Trinajstić information content (AvgIpc) is 2.53. The van der Waals surface area contributed by atoms with E-state index in [1.165, 1.54) is 19.3 Å². The van der Waals surface area contributed by atoms with Crippen LogP contribution in [0.4, 0.5) is 0 Å². The standard InChI is InChI=1S/C12H23N3.HI/c1-12(2,3)15-11(13)14-9-8-10-6-4-5-7-10;/h6H,4-5,7-9H2,1-3H3,(H3,13,14,15);1H. The fourth-order valence-corrected chi connectivity index (χ4v) is 1.71. The van der Waals surface area contributed by atoms with E-state index < -0.39 is 0 Å². The number of rotatable bonds is 3. The monoisotopic (exact) mass is 337 g/mol. The maximum Gasteiger partial charge on any atom is 0.188 e. The van der Waals surface area contributed by atoms with Gasteiger partial charge in [-0.3, -0.25) is 4.99 Å². The van der Waals surface area contributed by atoms with Crippen molar-refractivity contribution in [2.45, 2.75) is 52.0 Å². The highest BCUT2D eigenvalue weighted by molar-refractivity contribution is 14.0. The van der Waals surface area contributed by atoms with Crippen molar-refractivity contribution in [2.75, 3.05) is 6.54 Å². The molecule has 0 unspecified atom stereocenters. The molecule has 0 fully saturated rings. The van der Waals surface area contributed by atoms with Gasteiger partial charge in [0.2, 0.25) is 0 Å². The predicted molar refractivity (Wildman–Crippen MR) is 81.3 cm³/mol. The molecule has 4 heteroatoms. The molecule has 3 nitrogen and oxygen atoms in total. The van der Waals surface area contributed by atoms with Gasteiger partial charge in [0.1, 0.15) is 0 Å². The van der Waals surface area contributed by atoms with Crippen LogP contribution >= 0.6 is 24.0 Å². The lowest BCUT2D eigenvalue weighted by Crippen LogP contribution is -2.45. The lowest BCUT2D eigenvalue weighted by Gasteiger charge is -2.20. The van der Waals surface area contributed by atoms with Crippen molar-refractivity contribution >= 4 is 29.9 Å². The Hall–Kier alpha value is -0.260. The molecule has 3 N–H and O–H groups in total. The topological polar surface area (TPSA) is 50.4 Å². The minimum Gasteiger partial charge on any atom is -0.370 e. The molecule has 0 bridgehead atoms. The summed E-state index contributed by atoms with van der Waals surface area (Å²) in [5, 5.41) is 3.15. The molecule has 94 valence electrons. The summed E-state index contributed by atoms with van der Waals surface area (Å²) in [6, 6.07) is 0. The third-order valence-electron chi connectivity index (χ3n) is 2.35. The van der Waals surface area contributed by atoms with Crippen molar-refractivity contribution in [3.05, 3.63) is 11.6 Å². The van der Waals surface area contributed by atoms with E-state index in [1.54, 1.807) is 5.57 Å². The summed E-state index contributed by atoms with van der Waals surface area (Å²) >= 11 is 0. The third-order valence-corrected chi connectivity index (χ3v) is 2.35. The van der Waals surface area contributed by atoms with Crippen molar-refractivity contribution in [1.29, 1.82) is 0 Å². The van der Waals surface area contributed by atoms with Gasteiger partial charge in [-0.1, -0.05) is 11.6 Å². The van der Waals surface area contributed by atoms with Crippen LogP contribution < -0.4 is 11.1 Å². The highest BCUT2D eigenvalue weighted by Crippen LogP contribution is 2.20. The second kappa shape index (κ2) is 7.14. The molecule has 0 heterocycles. The fourth-order valence-electron chi connectivity index (χ4n) is 1.71. The number of hydrogen-bond acceptors (Lipinski definition) is 1. The second-order valence-corrected chi connectivity index (χ2v) is 5.15. The molecule has 0 saturated carbocycles. The molecule has 16 heavy (non-hydrogen) atoms. The number of guanidine groups is 1. The summed E-state index contributed by atoms with van der Waals surface area (Å²) in [6.45, 7) is 7.04. The van der Waals surface area contributed by atoms with E-state index in [9.17, 15) is 0 Å². The average molecular weight is 337 g/mol. The van der Waals surface area contributed by atoms with E-state index in [0.29, 0.717) is 5.96 Å². The van der Waals surface area contributed by atoms with Crippen molar-refractivity contribution in [2.24, 2.45) is 10.7 Å². The van der Waals surface area contributed by atoms with Gasteiger partial charge in [0.05, 0.1) is 0 Å². The van der Waals surface area contributed by atoms with Gasteiger partial charge >= 0.3 is 0 Å². The van der Waals surface area contributed by atoms with E-state index in [2.05, 4.69) is 37.2 Å². The summed E-state index contributed by atoms with van der Waals surface area (Å²) in [4.78, 5) is 4.32. The zero-order valence-corrected chi connectivity index (χ0v) is 12.9. The summed E-state index contributed by atoms with van der Waals surface area (Å²) in [7, 11) is 0. The SMILES string of the molecule is CC(C)(C)NC(N)=NCCC1=CCCC1.I. The van der Waals surface area contributed by atoms with E-state index in [0.717, 1.165) is 13.0 Å². The van der Waals surface area contributed by atoms with E-state index in [-0.39, 0.29) is 29.5 Å². The molecule has 0 aromatic heterocycles. The molecule has 0 amide bonds. The molecule has 0 aromatic carbocycles. The van der Waals surface area contributed by atoms with Crippen LogP contribution in [0.15, 0.2) is 16.6 Å². The summed E-state index contributed by atoms with van der Waals surface area (Å²) in [6.07, 6.45) is 7.21. The molecule has 1 aliphatic carbocycles. The van der Waals surface area contributed by atoms with Gasteiger partial charge in [0.25, 0.3) is 0 Å². The van der Waals surface area contributed by atoms with Crippen LogP contribution in [0.5, 0.6) is 0 Å². The van der Waals surface area contributed by atoms with E-state index >= 15 is 0 Å². The minimum absolute atomic E-state index is 0. The van der Waals surface area contributed by atoms with Crippen LogP contribution in [-0.2, 0) is 0 Å². The molecule has 0 radical (unpaired) electrons. The molecular formula is C12H24IN3. The predicted octanol–water partition coefficient (Wildman–Crippen LogP) is 2.81. The second-order valence-electron chi connectivity index (χ2n) is 5.15. The van der Waals surface area contributed by atoms with Crippen molar-refractivity contribution in [3.8, 4) is 0 Å². The lowest BCUT2D eigenvalue weighted by atomic mass is 10.1. The fraction of sp³-hybridized carbons (Fsp3) is 0.750. The first-order chi connectivity index (χ1) is 6.97. The van der Waals surface area contributed by atoms with Gasteiger partial charge in [0.15, 0.2) is 5.96 Å². The highest BCUT2D eigenvalue weighted by atomic mass is 127. The number of nitrogens with zero attached hydrogens (tertiary/aromatic N) is 1. The third kappa shape index (κ3) is 7.09. The van der Waals surface area contributed by atoms with Crippen LogP contribution in [0.25, 0.3) is 0 Å². The molecule has 0 saturated heterocycles. The Labute approximate surface area is 116 Å². The molecule has 1 aliphatic rings. The number of allylic oxidation sites excluding steroid dienone is 1. The molecular weight excluding hydrogens is 313 g/mol. The quantitative estimate of drug-likeness (QED) is 0.360. The molecule has 0 spiro atoms. The van der Waals surface area contributed by atoms with Gasteiger partial charge in [-0.25, -0.2) is 0 Å². The number of nitrogens with one attached hydrogen (secondary N) is 1. The number of nitrogens with two attached hydrogens (primary N) is 1. The Morgan fingerprint density at radius 3 is 2.69 bits per heavy atom. The zero-order valence-electron chi connectivity index (χ0n) is 10.5. The van der Waals surface area contributed by atoms with Crippen molar-refractivity contribution in [1.82, 2.24) is 5.32 Å². The lowest BCUT2D eigenvalue weighted by molar-refractivity contribution is 0.508. The maximum atomic E-state index is 5.76. The van der Waals surface area contributed by atoms with E-state index in [4.69, 9.17) is 5.73 Å². The van der Waals surface area contributed by atoms with Gasteiger partial charge in [-0.05, 0) is 46.5 Å². The van der Waals surface area contributed by atoms with Crippen LogP contribution in [0.1, 0.15) is 46.5 Å². The van der Waals surface area contributed by atoms with E-state index in [1.807, 2.05) is 0 Å². The Kier molecular flexibility index (Phi) is 7.03. The Bertz CT molecular complexity index is 264. The molecule has 0 aliphatic heterocycles. The first-order valence-electron chi connectivity index (χ1n) is 5.73. The first kappa shape index (κ1) is 15.7. The van der Waals surface area contributed by atoms with Gasteiger partial charge < -0.3 is 11.1 Å². The zero-order chi connectivity index (χ0) is 11.3. The summed E-state index contributed by atoms with van der Waals surface area (Å²) < 4.78 is 0. The molecule has 0 aromatic rings. The van der Waals surface area contributed by atoms with Gasteiger partial charge in [-0.2, -0.15) is 0 Å². The summed E-state index contributed by atoms with van der Waals surface area (Å²) in [5.41, 5.74) is 7.31. The van der Waals surface area contributed by atoms with Gasteiger partial charge in [0, 0.05) is 12.1 Å². The van der Waals surface area contributed by atoms with Crippen LogP contribution in [0.3, 0.4) is 0 Å². The van der Waals surface area contributed by atoms with Gasteiger partial charge in [-0.15, -0.1) is 24.0 Å². The number of hydrogen-bond donors (Lipinski definition) is 2. The summed E-state index contributed by atoms with van der Waals surface area (Å²) in [5.74, 6) is 0.557.